The molecule has 2 aliphatic heterocycles. The molecule has 172 valence electrons. The minimum atomic E-state index is 1.24. The smallest absolute Gasteiger partial charge is 0.0701 e. The van der Waals surface area contributed by atoms with Crippen molar-refractivity contribution in [1.82, 2.24) is 0 Å². The Hall–Kier alpha value is 0.0200. The highest BCUT2D eigenvalue weighted by Crippen LogP contribution is 2.59. The number of hydrogen-bond donors (Lipinski definition) is 0. The summed E-state index contributed by atoms with van der Waals surface area (Å²) in [6.07, 6.45) is 13.2. The molecule has 0 radical (unpaired) electrons. The molecule has 0 aromatic carbocycles. The van der Waals surface area contributed by atoms with E-state index in [9.17, 15) is 0 Å². The van der Waals surface area contributed by atoms with Crippen molar-refractivity contribution in [2.45, 2.75) is 78.1 Å². The van der Waals surface area contributed by atoms with E-state index in [-0.39, 0.29) is 0 Å². The van der Waals surface area contributed by atoms with Crippen LogP contribution in [-0.2, 0) is 12.8 Å². The van der Waals surface area contributed by atoms with Crippen molar-refractivity contribution in [3.05, 3.63) is 63.1 Å². The molecule has 0 nitrogen and oxygen atoms in total. The predicted octanol–water partition coefficient (Wildman–Crippen LogP) is 11.4. The fourth-order valence-corrected chi connectivity index (χ4v) is 11.0. The second kappa shape index (κ2) is 13.2. The summed E-state index contributed by atoms with van der Waals surface area (Å²) >= 11 is 11.7. The molecule has 0 unspecified atom stereocenters. The van der Waals surface area contributed by atoms with Crippen LogP contribution in [0.15, 0.2) is 43.6 Å². The highest BCUT2D eigenvalue weighted by molar-refractivity contribution is 8.36. The van der Waals surface area contributed by atoms with Crippen LogP contribution in [0.2, 0.25) is 0 Å². The normalized spacial score (nSPS) is 18.4. The van der Waals surface area contributed by atoms with E-state index in [2.05, 4.69) is 48.9 Å². The Labute approximate surface area is 219 Å². The lowest BCUT2D eigenvalue weighted by atomic mass is 10.1. The van der Waals surface area contributed by atoms with E-state index in [1.807, 2.05) is 69.7 Å². The fourth-order valence-electron chi connectivity index (χ4n) is 3.65. The summed E-state index contributed by atoms with van der Waals surface area (Å²) in [5.41, 5.74) is 0. The highest BCUT2D eigenvalue weighted by Gasteiger charge is 2.24. The molecule has 2 aromatic rings. The summed E-state index contributed by atoms with van der Waals surface area (Å²) in [7, 11) is 0. The summed E-state index contributed by atoms with van der Waals surface area (Å²) in [4.78, 5) is 8.83. The van der Waals surface area contributed by atoms with Crippen LogP contribution in [0.1, 0.15) is 84.7 Å². The molecule has 0 bridgehead atoms. The molecule has 0 spiro atoms. The minimum absolute atomic E-state index is 1.24. The van der Waals surface area contributed by atoms with E-state index in [4.69, 9.17) is 0 Å². The lowest BCUT2D eigenvalue weighted by Gasteiger charge is -2.03. The Balaban J connectivity index is 1.28. The fraction of sp³-hybridized carbons (Fsp3) is 0.462. The minimum Gasteiger partial charge on any atom is -0.140 e. The molecule has 2 aliphatic rings. The molecule has 4 rings (SSSR count). The highest BCUT2D eigenvalue weighted by atomic mass is 32.2. The lowest BCUT2D eigenvalue weighted by molar-refractivity contribution is 0.670. The average Bonchev–Trinajstić information content (AvgIpc) is 3.60. The van der Waals surface area contributed by atoms with Gasteiger partial charge in [-0.1, -0.05) is 99.4 Å². The molecule has 0 atom stereocenters. The summed E-state index contributed by atoms with van der Waals surface area (Å²) in [6.45, 7) is 4.56. The van der Waals surface area contributed by atoms with Gasteiger partial charge in [0.25, 0.3) is 0 Å². The Bertz CT molecular complexity index is 896. The van der Waals surface area contributed by atoms with Crippen molar-refractivity contribution in [2.75, 3.05) is 0 Å². The van der Waals surface area contributed by atoms with Gasteiger partial charge in [-0.05, 0) is 60.8 Å². The third kappa shape index (κ3) is 7.02. The third-order valence-corrected chi connectivity index (χ3v) is 13.4. The number of rotatable bonds is 12. The Morgan fingerprint density at radius 1 is 0.562 bits per heavy atom. The SMILES string of the molecule is CCCCCCc1ccc(C2=CS/C(=C3\SC=C(c4ccc(CCCCCC)s4)S3)S2)s1. The van der Waals surface area contributed by atoms with Gasteiger partial charge in [-0.25, -0.2) is 0 Å². The van der Waals surface area contributed by atoms with Crippen molar-refractivity contribution in [3.8, 4) is 0 Å². The molecule has 0 fully saturated rings. The number of aryl methyl sites for hydroxylation is 2. The van der Waals surface area contributed by atoms with E-state index in [0.29, 0.717) is 0 Å². The molecule has 4 heterocycles. The van der Waals surface area contributed by atoms with Gasteiger partial charge in [0.2, 0.25) is 0 Å². The monoisotopic (exact) mass is 536 g/mol. The Kier molecular flexibility index (Phi) is 10.4. The molecule has 0 amide bonds. The van der Waals surface area contributed by atoms with Gasteiger partial charge < -0.3 is 0 Å². The molecule has 32 heavy (non-hydrogen) atoms. The number of thioether (sulfide) groups is 4. The number of hydrogen-bond acceptors (Lipinski definition) is 6. The van der Waals surface area contributed by atoms with Crippen LogP contribution in [0, 0.1) is 0 Å². The van der Waals surface area contributed by atoms with E-state index >= 15 is 0 Å². The van der Waals surface area contributed by atoms with Gasteiger partial charge >= 0.3 is 0 Å². The Morgan fingerprint density at radius 2 is 1.03 bits per heavy atom. The third-order valence-electron chi connectivity index (χ3n) is 5.48. The van der Waals surface area contributed by atoms with Gasteiger partial charge in [0.05, 0.1) is 8.47 Å². The maximum absolute atomic E-state index is 2.36. The summed E-state index contributed by atoms with van der Waals surface area (Å²) in [5.74, 6) is 0. The standard InChI is InChI=1S/C26H32S6/c1-3-5-7-9-11-19-13-15-21(29-19)23-17-27-25(31-23)26-28-18-24(32-26)22-16-14-20(30-22)12-10-8-6-4-2/h13-18H,3-12H2,1-2H3/b26-25-. The largest absolute Gasteiger partial charge is 0.140 e. The van der Waals surface area contributed by atoms with Gasteiger partial charge in [-0.2, -0.15) is 0 Å². The average molecular weight is 537 g/mol. The Morgan fingerprint density at radius 3 is 1.47 bits per heavy atom. The molecule has 0 N–H and O–H groups in total. The molecule has 0 saturated carbocycles. The molecular formula is C26H32S6. The van der Waals surface area contributed by atoms with E-state index in [1.54, 1.807) is 9.75 Å². The maximum Gasteiger partial charge on any atom is 0.0701 e. The molecule has 2 aromatic heterocycles. The first-order valence-electron chi connectivity index (χ1n) is 11.8. The molecule has 6 heteroatoms. The zero-order chi connectivity index (χ0) is 22.2. The van der Waals surface area contributed by atoms with E-state index in [0.717, 1.165) is 0 Å². The second-order valence-electron chi connectivity index (χ2n) is 8.13. The number of thiophene rings is 2. The van der Waals surface area contributed by atoms with Gasteiger partial charge in [0.15, 0.2) is 0 Å². The predicted molar refractivity (Wildman–Crippen MR) is 158 cm³/mol. The number of unbranched alkanes of at least 4 members (excludes halogenated alkanes) is 6. The van der Waals surface area contributed by atoms with Crippen LogP contribution >= 0.6 is 69.7 Å². The first kappa shape index (κ1) is 25.1. The molecular weight excluding hydrogens is 505 g/mol. The first-order chi connectivity index (χ1) is 15.8. The van der Waals surface area contributed by atoms with E-state index < -0.39 is 0 Å². The zero-order valence-corrected chi connectivity index (χ0v) is 23.9. The quantitative estimate of drug-likeness (QED) is 0.247. The molecule has 0 aliphatic carbocycles. The van der Waals surface area contributed by atoms with Crippen LogP contribution in [-0.4, -0.2) is 0 Å². The van der Waals surface area contributed by atoms with Crippen LogP contribution in [0.25, 0.3) is 9.81 Å². The van der Waals surface area contributed by atoms with Gasteiger partial charge in [0.1, 0.15) is 0 Å². The molecule has 0 saturated heterocycles. The van der Waals surface area contributed by atoms with Crippen LogP contribution < -0.4 is 0 Å². The zero-order valence-electron chi connectivity index (χ0n) is 19.0. The van der Waals surface area contributed by atoms with Gasteiger partial charge in [-0.15, -0.1) is 22.7 Å². The summed E-state index contributed by atoms with van der Waals surface area (Å²) in [6, 6.07) is 9.36. The van der Waals surface area contributed by atoms with Crippen molar-refractivity contribution in [2.24, 2.45) is 0 Å². The van der Waals surface area contributed by atoms with Crippen LogP contribution in [0.4, 0.5) is 0 Å². The van der Waals surface area contributed by atoms with Gasteiger partial charge in [-0.3, -0.25) is 0 Å². The van der Waals surface area contributed by atoms with Gasteiger partial charge in [0, 0.05) is 29.3 Å². The van der Waals surface area contributed by atoms with Crippen LogP contribution in [0.3, 0.4) is 0 Å². The summed E-state index contributed by atoms with van der Waals surface area (Å²) < 4.78 is 2.91. The topological polar surface area (TPSA) is 0 Å². The van der Waals surface area contributed by atoms with Crippen molar-refractivity contribution >= 4 is 79.5 Å². The van der Waals surface area contributed by atoms with Crippen molar-refractivity contribution in [3.63, 3.8) is 0 Å². The summed E-state index contributed by atoms with van der Waals surface area (Å²) in [5, 5.41) is 4.72. The lowest BCUT2D eigenvalue weighted by Crippen LogP contribution is -1.80. The van der Waals surface area contributed by atoms with Crippen molar-refractivity contribution in [1.29, 1.82) is 0 Å². The van der Waals surface area contributed by atoms with Crippen LogP contribution in [0.5, 0.6) is 0 Å². The van der Waals surface area contributed by atoms with E-state index in [1.165, 1.54) is 92.2 Å². The second-order valence-corrected chi connectivity index (χ2v) is 14.8. The maximum atomic E-state index is 2.36. The van der Waals surface area contributed by atoms with Crippen molar-refractivity contribution < 1.29 is 0 Å². The first-order valence-corrected chi connectivity index (χ1v) is 16.8.